The first-order valence-corrected chi connectivity index (χ1v) is 6.04. The van der Waals surface area contributed by atoms with Gasteiger partial charge in [-0.3, -0.25) is 0 Å². The number of aromatic nitrogens is 3. The minimum absolute atomic E-state index is 0.432. The summed E-state index contributed by atoms with van der Waals surface area (Å²) < 4.78 is 4.12. The highest BCUT2D eigenvalue weighted by Gasteiger charge is 2.08. The monoisotopic (exact) mass is 262 g/mol. The Kier molecular flexibility index (Phi) is 2.42. The number of nitrogens with zero attached hydrogens (tertiary/aromatic N) is 3. The van der Waals surface area contributed by atoms with Crippen LogP contribution in [0, 0.1) is 0 Å². The Hall–Kier alpha value is -1.72. The molecule has 0 bridgehead atoms. The number of pyridine rings is 1. The van der Waals surface area contributed by atoms with E-state index in [1.807, 2.05) is 30.3 Å². The second-order valence-electron chi connectivity index (χ2n) is 3.46. The van der Waals surface area contributed by atoms with E-state index in [0.29, 0.717) is 21.7 Å². The van der Waals surface area contributed by atoms with Crippen LogP contribution in [0.4, 0.5) is 5.13 Å². The maximum Gasteiger partial charge on any atom is 0.200 e. The maximum absolute atomic E-state index is 6.10. The van der Waals surface area contributed by atoms with E-state index >= 15 is 0 Å². The molecule has 0 radical (unpaired) electrons. The van der Waals surface area contributed by atoms with Crippen molar-refractivity contribution in [3.05, 3.63) is 35.4 Å². The molecule has 0 aliphatic rings. The molecule has 4 nitrogen and oxygen atoms in total. The number of halogens is 1. The maximum atomic E-state index is 6.10. The number of para-hydroxylation sites is 1. The number of nitrogens with two attached hydrogens (primary N) is 1. The van der Waals surface area contributed by atoms with Gasteiger partial charge in [-0.15, -0.1) is 0 Å². The highest BCUT2D eigenvalue weighted by atomic mass is 35.5. The zero-order valence-corrected chi connectivity index (χ0v) is 10.2. The Morgan fingerprint density at radius 2 is 2.00 bits per heavy atom. The van der Waals surface area contributed by atoms with Gasteiger partial charge in [0.2, 0.25) is 0 Å². The van der Waals surface area contributed by atoms with Crippen LogP contribution in [0.25, 0.3) is 22.4 Å². The quantitative estimate of drug-likeness (QED) is 0.732. The van der Waals surface area contributed by atoms with Crippen molar-refractivity contribution in [2.75, 3.05) is 5.73 Å². The van der Waals surface area contributed by atoms with Crippen molar-refractivity contribution < 1.29 is 0 Å². The highest BCUT2D eigenvalue weighted by Crippen LogP contribution is 2.25. The number of hydrogen-bond acceptors (Lipinski definition) is 5. The molecule has 0 unspecified atom stereocenters. The lowest BCUT2D eigenvalue weighted by Crippen LogP contribution is -1.88. The van der Waals surface area contributed by atoms with Crippen molar-refractivity contribution in [1.82, 2.24) is 14.3 Å². The van der Waals surface area contributed by atoms with Gasteiger partial charge in [-0.25, -0.2) is 4.98 Å². The summed E-state index contributed by atoms with van der Waals surface area (Å²) in [6.07, 6.45) is 0. The summed E-state index contributed by atoms with van der Waals surface area (Å²) in [6.45, 7) is 0. The number of hydrogen-bond donors (Lipinski definition) is 1. The molecule has 3 aromatic rings. The fraction of sp³-hybridized carbons (Fsp3) is 0. The smallest absolute Gasteiger partial charge is 0.200 e. The summed E-state index contributed by atoms with van der Waals surface area (Å²) in [4.78, 5) is 8.55. The molecule has 0 amide bonds. The Labute approximate surface area is 106 Å². The number of rotatable bonds is 1. The van der Waals surface area contributed by atoms with Crippen LogP contribution >= 0.6 is 23.1 Å². The molecule has 0 aliphatic heterocycles. The molecule has 2 aromatic heterocycles. The third-order valence-corrected chi connectivity index (χ3v) is 3.19. The fourth-order valence-corrected chi connectivity index (χ4v) is 2.24. The van der Waals surface area contributed by atoms with Crippen LogP contribution in [0.15, 0.2) is 30.3 Å². The lowest BCUT2D eigenvalue weighted by atomic mass is 10.2. The summed E-state index contributed by atoms with van der Waals surface area (Å²) >= 11 is 7.25. The van der Waals surface area contributed by atoms with E-state index in [4.69, 9.17) is 17.3 Å². The van der Waals surface area contributed by atoms with Gasteiger partial charge in [0.15, 0.2) is 11.0 Å². The van der Waals surface area contributed by atoms with Crippen LogP contribution in [0.3, 0.4) is 0 Å². The lowest BCUT2D eigenvalue weighted by molar-refractivity contribution is 1.27. The first kappa shape index (κ1) is 10.4. The van der Waals surface area contributed by atoms with E-state index in [2.05, 4.69) is 14.3 Å². The Bertz CT molecular complexity index is 695. The summed E-state index contributed by atoms with van der Waals surface area (Å²) in [5.41, 5.74) is 6.98. The molecule has 2 N–H and O–H groups in total. The average molecular weight is 263 g/mol. The summed E-state index contributed by atoms with van der Waals surface area (Å²) in [6, 6.07) is 9.47. The largest absolute Gasteiger partial charge is 0.374 e. The van der Waals surface area contributed by atoms with Crippen molar-refractivity contribution in [2.24, 2.45) is 0 Å². The van der Waals surface area contributed by atoms with Crippen molar-refractivity contribution in [3.63, 3.8) is 0 Å². The molecule has 0 saturated carbocycles. The van der Waals surface area contributed by atoms with Gasteiger partial charge >= 0.3 is 0 Å². The van der Waals surface area contributed by atoms with Gasteiger partial charge in [0.25, 0.3) is 0 Å². The molecule has 84 valence electrons. The van der Waals surface area contributed by atoms with E-state index < -0.39 is 0 Å². The predicted molar refractivity (Wildman–Crippen MR) is 70.1 cm³/mol. The zero-order chi connectivity index (χ0) is 11.8. The van der Waals surface area contributed by atoms with Gasteiger partial charge in [-0.05, 0) is 12.1 Å². The second kappa shape index (κ2) is 3.94. The highest BCUT2D eigenvalue weighted by molar-refractivity contribution is 7.09. The van der Waals surface area contributed by atoms with Crippen LogP contribution in [-0.4, -0.2) is 14.3 Å². The van der Waals surface area contributed by atoms with Crippen LogP contribution in [0.5, 0.6) is 0 Å². The second-order valence-corrected chi connectivity index (χ2v) is 4.65. The van der Waals surface area contributed by atoms with E-state index in [0.717, 1.165) is 22.4 Å². The molecule has 0 aliphatic carbocycles. The minimum Gasteiger partial charge on any atom is -0.374 e. The number of anilines is 1. The van der Waals surface area contributed by atoms with Crippen molar-refractivity contribution in [1.29, 1.82) is 0 Å². The molecule has 2 heterocycles. The molecule has 0 saturated heterocycles. The Morgan fingerprint density at radius 1 is 1.12 bits per heavy atom. The molecule has 0 fully saturated rings. The number of fused-ring (bicyclic) bond motifs is 1. The van der Waals surface area contributed by atoms with Gasteiger partial charge in [-0.2, -0.15) is 9.36 Å². The van der Waals surface area contributed by atoms with Gasteiger partial charge in [0.1, 0.15) is 5.69 Å². The molecule has 0 atom stereocenters. The number of benzene rings is 1. The minimum atomic E-state index is 0.432. The number of nitrogen functional groups attached to an aromatic ring is 1. The molecule has 0 spiro atoms. The third kappa shape index (κ3) is 1.83. The van der Waals surface area contributed by atoms with E-state index in [1.54, 1.807) is 0 Å². The SMILES string of the molecule is Nc1nc(-c2ccc3cccc(Cl)c3n2)ns1. The van der Waals surface area contributed by atoms with Crippen LogP contribution in [0.2, 0.25) is 5.02 Å². The van der Waals surface area contributed by atoms with Crippen molar-refractivity contribution >= 4 is 39.2 Å². The van der Waals surface area contributed by atoms with Crippen molar-refractivity contribution in [3.8, 4) is 11.5 Å². The van der Waals surface area contributed by atoms with Gasteiger partial charge in [-0.1, -0.05) is 29.8 Å². The molecule has 6 heteroatoms. The Morgan fingerprint density at radius 3 is 2.76 bits per heavy atom. The normalized spacial score (nSPS) is 10.9. The van der Waals surface area contributed by atoms with Crippen LogP contribution < -0.4 is 5.73 Å². The first-order valence-electron chi connectivity index (χ1n) is 4.89. The van der Waals surface area contributed by atoms with E-state index in [1.165, 1.54) is 0 Å². The molecule has 17 heavy (non-hydrogen) atoms. The molecule has 3 rings (SSSR count). The van der Waals surface area contributed by atoms with E-state index in [9.17, 15) is 0 Å². The third-order valence-electron chi connectivity index (χ3n) is 2.34. The van der Waals surface area contributed by atoms with Gasteiger partial charge in [0, 0.05) is 16.9 Å². The van der Waals surface area contributed by atoms with Gasteiger partial charge in [0.05, 0.1) is 10.5 Å². The lowest BCUT2D eigenvalue weighted by Gasteiger charge is -2.01. The zero-order valence-electron chi connectivity index (χ0n) is 8.59. The Balaban J connectivity index is 2.22. The van der Waals surface area contributed by atoms with Crippen molar-refractivity contribution in [2.45, 2.75) is 0 Å². The van der Waals surface area contributed by atoms with Crippen LogP contribution in [0.1, 0.15) is 0 Å². The summed E-state index contributed by atoms with van der Waals surface area (Å²) in [5.74, 6) is 0.536. The molecular weight excluding hydrogens is 256 g/mol. The summed E-state index contributed by atoms with van der Waals surface area (Å²) in [5, 5.41) is 2.04. The average Bonchev–Trinajstić information content (AvgIpc) is 2.76. The van der Waals surface area contributed by atoms with Gasteiger partial charge < -0.3 is 5.73 Å². The molecule has 1 aromatic carbocycles. The predicted octanol–water partition coefficient (Wildman–Crippen LogP) is 2.99. The fourth-order valence-electron chi connectivity index (χ4n) is 1.57. The summed E-state index contributed by atoms with van der Waals surface area (Å²) in [7, 11) is 0. The molecular formula is C11H7ClN4S. The van der Waals surface area contributed by atoms with Crippen LogP contribution in [-0.2, 0) is 0 Å². The van der Waals surface area contributed by atoms with E-state index in [-0.39, 0.29) is 0 Å². The topological polar surface area (TPSA) is 64.7 Å². The first-order chi connectivity index (χ1) is 8.24. The standard InChI is InChI=1S/C11H7ClN4S/c12-7-3-1-2-6-4-5-8(14-9(6)7)10-15-11(13)17-16-10/h1-5H,(H2,13,15,16).